The van der Waals surface area contributed by atoms with Crippen molar-refractivity contribution in [1.29, 1.82) is 0 Å². The van der Waals surface area contributed by atoms with Crippen LogP contribution in [0.4, 0.5) is 0 Å². The molecule has 2 aliphatic rings. The lowest BCUT2D eigenvalue weighted by molar-refractivity contribution is -0.346. The molecule has 5 heteroatoms. The van der Waals surface area contributed by atoms with Gasteiger partial charge in [0.2, 0.25) is 0 Å². The molecule has 0 aromatic carbocycles. The molecule has 0 saturated carbocycles. The minimum absolute atomic E-state index is 0.134. The fourth-order valence-corrected chi connectivity index (χ4v) is 1.79. The van der Waals surface area contributed by atoms with Crippen molar-refractivity contribution in [3.05, 3.63) is 0 Å². The molecule has 0 aromatic rings. The minimum atomic E-state index is -0.892. The summed E-state index contributed by atoms with van der Waals surface area (Å²) in [6.07, 6.45) is -2.54. The van der Waals surface area contributed by atoms with E-state index < -0.39 is 24.1 Å². The standard InChI is InChI=1S/C9H16O5/c1-9(2)13-4-6-8(14-9)7(11)5(10)3-12-6/h5-8,10-11H,3-4H2,1-2H3/t5-,6-,7-,8+/m1/s1. The highest BCUT2D eigenvalue weighted by Crippen LogP contribution is 2.29. The zero-order valence-electron chi connectivity index (χ0n) is 8.34. The van der Waals surface area contributed by atoms with Gasteiger partial charge in [-0.1, -0.05) is 0 Å². The maximum absolute atomic E-state index is 9.69. The van der Waals surface area contributed by atoms with Crippen LogP contribution >= 0.6 is 0 Å². The first-order valence-corrected chi connectivity index (χ1v) is 4.79. The van der Waals surface area contributed by atoms with E-state index in [1.165, 1.54) is 0 Å². The predicted molar refractivity (Wildman–Crippen MR) is 46.7 cm³/mol. The second-order valence-corrected chi connectivity index (χ2v) is 4.22. The zero-order chi connectivity index (χ0) is 10.3. The molecule has 0 spiro atoms. The van der Waals surface area contributed by atoms with Crippen LogP contribution in [0.3, 0.4) is 0 Å². The van der Waals surface area contributed by atoms with Crippen LogP contribution in [0.15, 0.2) is 0 Å². The van der Waals surface area contributed by atoms with E-state index in [4.69, 9.17) is 14.2 Å². The molecule has 2 saturated heterocycles. The van der Waals surface area contributed by atoms with Gasteiger partial charge in [0, 0.05) is 0 Å². The van der Waals surface area contributed by atoms with E-state index in [1.807, 2.05) is 0 Å². The number of hydrogen-bond donors (Lipinski definition) is 2. The number of rotatable bonds is 0. The van der Waals surface area contributed by atoms with Crippen LogP contribution in [-0.2, 0) is 14.2 Å². The van der Waals surface area contributed by atoms with Gasteiger partial charge in [0.1, 0.15) is 24.4 Å². The van der Waals surface area contributed by atoms with Crippen LogP contribution in [0.2, 0.25) is 0 Å². The highest BCUT2D eigenvalue weighted by atomic mass is 16.7. The van der Waals surface area contributed by atoms with Crippen LogP contribution in [-0.4, -0.2) is 53.6 Å². The SMILES string of the molecule is CC1(C)OC[C@H]2OC[C@@H](O)[C@@H](O)[C@H]2O1. The van der Waals surface area contributed by atoms with E-state index in [2.05, 4.69) is 0 Å². The first kappa shape index (κ1) is 10.3. The molecule has 82 valence electrons. The molecule has 2 heterocycles. The van der Waals surface area contributed by atoms with Crippen molar-refractivity contribution in [3.63, 3.8) is 0 Å². The zero-order valence-corrected chi connectivity index (χ0v) is 8.34. The topological polar surface area (TPSA) is 68.2 Å². The average Bonchev–Trinajstić information content (AvgIpc) is 2.11. The second kappa shape index (κ2) is 3.43. The molecule has 0 aliphatic carbocycles. The molecule has 2 fully saturated rings. The monoisotopic (exact) mass is 204 g/mol. The van der Waals surface area contributed by atoms with Crippen molar-refractivity contribution in [3.8, 4) is 0 Å². The number of ether oxygens (including phenoxy) is 3. The number of hydrogen-bond acceptors (Lipinski definition) is 5. The van der Waals surface area contributed by atoms with Crippen LogP contribution in [0, 0.1) is 0 Å². The lowest BCUT2D eigenvalue weighted by Gasteiger charge is -2.46. The predicted octanol–water partition coefficient (Wildman–Crippen LogP) is -0.742. The fourth-order valence-electron chi connectivity index (χ4n) is 1.79. The summed E-state index contributed by atoms with van der Waals surface area (Å²) in [5, 5.41) is 19.1. The summed E-state index contributed by atoms with van der Waals surface area (Å²) in [5.74, 6) is -0.720. The quantitative estimate of drug-likeness (QED) is 0.544. The number of aliphatic hydroxyl groups is 2. The van der Waals surface area contributed by atoms with Gasteiger partial charge in [-0.2, -0.15) is 0 Å². The molecule has 2 rings (SSSR count). The Morgan fingerprint density at radius 3 is 2.64 bits per heavy atom. The number of aliphatic hydroxyl groups excluding tert-OH is 2. The third-order valence-electron chi connectivity index (χ3n) is 2.59. The van der Waals surface area contributed by atoms with E-state index >= 15 is 0 Å². The average molecular weight is 204 g/mol. The molecule has 0 amide bonds. The van der Waals surface area contributed by atoms with Crippen LogP contribution in [0.25, 0.3) is 0 Å². The van der Waals surface area contributed by atoms with Crippen molar-refractivity contribution < 1.29 is 24.4 Å². The van der Waals surface area contributed by atoms with Gasteiger partial charge < -0.3 is 24.4 Å². The molecule has 0 unspecified atom stereocenters. The van der Waals surface area contributed by atoms with Gasteiger partial charge in [0.15, 0.2) is 5.79 Å². The molecular weight excluding hydrogens is 188 g/mol. The van der Waals surface area contributed by atoms with E-state index in [0.29, 0.717) is 6.61 Å². The van der Waals surface area contributed by atoms with Gasteiger partial charge in [0.05, 0.1) is 13.2 Å². The number of fused-ring (bicyclic) bond motifs is 1. The Balaban J connectivity index is 2.08. The Bertz CT molecular complexity index is 215. The molecular formula is C9H16O5. The van der Waals surface area contributed by atoms with Crippen molar-refractivity contribution in [1.82, 2.24) is 0 Å². The maximum atomic E-state index is 9.69. The van der Waals surface area contributed by atoms with E-state index in [0.717, 1.165) is 0 Å². The lowest BCUT2D eigenvalue weighted by atomic mass is 9.99. The normalized spacial score (nSPS) is 47.1. The van der Waals surface area contributed by atoms with E-state index in [1.54, 1.807) is 13.8 Å². The molecule has 0 aromatic heterocycles. The fraction of sp³-hybridized carbons (Fsp3) is 1.00. The highest BCUT2D eigenvalue weighted by Gasteiger charge is 2.46. The molecule has 0 bridgehead atoms. The van der Waals surface area contributed by atoms with Crippen LogP contribution in [0.1, 0.15) is 13.8 Å². The summed E-state index contributed by atoms with van der Waals surface area (Å²) in [5.41, 5.74) is 0. The Morgan fingerprint density at radius 1 is 1.21 bits per heavy atom. The Hall–Kier alpha value is -0.200. The first-order valence-electron chi connectivity index (χ1n) is 4.79. The van der Waals surface area contributed by atoms with Crippen molar-refractivity contribution in [2.75, 3.05) is 13.2 Å². The molecule has 2 aliphatic heterocycles. The first-order chi connectivity index (χ1) is 6.49. The molecule has 14 heavy (non-hydrogen) atoms. The summed E-state index contributed by atoms with van der Waals surface area (Å²) >= 11 is 0. The maximum Gasteiger partial charge on any atom is 0.163 e. The highest BCUT2D eigenvalue weighted by molar-refractivity contribution is 4.91. The molecule has 4 atom stereocenters. The summed E-state index contributed by atoms with van der Waals surface area (Å²) in [7, 11) is 0. The summed E-state index contributed by atoms with van der Waals surface area (Å²) in [6.45, 7) is 4.07. The van der Waals surface area contributed by atoms with Gasteiger partial charge in [-0.25, -0.2) is 0 Å². The molecule has 5 nitrogen and oxygen atoms in total. The second-order valence-electron chi connectivity index (χ2n) is 4.22. The van der Waals surface area contributed by atoms with Gasteiger partial charge in [-0.3, -0.25) is 0 Å². The van der Waals surface area contributed by atoms with Crippen LogP contribution in [0.5, 0.6) is 0 Å². The Morgan fingerprint density at radius 2 is 1.93 bits per heavy atom. The van der Waals surface area contributed by atoms with Gasteiger partial charge in [-0.15, -0.1) is 0 Å². The van der Waals surface area contributed by atoms with E-state index in [9.17, 15) is 10.2 Å². The van der Waals surface area contributed by atoms with Gasteiger partial charge in [-0.05, 0) is 13.8 Å². The van der Waals surface area contributed by atoms with Crippen molar-refractivity contribution >= 4 is 0 Å². The van der Waals surface area contributed by atoms with Gasteiger partial charge >= 0.3 is 0 Å². The van der Waals surface area contributed by atoms with Crippen molar-refractivity contribution in [2.45, 2.75) is 44.1 Å². The molecule has 0 radical (unpaired) electrons. The summed E-state index contributed by atoms with van der Waals surface area (Å²) in [4.78, 5) is 0. The van der Waals surface area contributed by atoms with Crippen molar-refractivity contribution in [2.24, 2.45) is 0 Å². The Kier molecular flexibility index (Phi) is 2.53. The lowest BCUT2D eigenvalue weighted by Crippen LogP contribution is -2.61. The minimum Gasteiger partial charge on any atom is -0.388 e. The molecule has 2 N–H and O–H groups in total. The third kappa shape index (κ3) is 1.78. The largest absolute Gasteiger partial charge is 0.388 e. The smallest absolute Gasteiger partial charge is 0.163 e. The summed E-state index contributed by atoms with van der Waals surface area (Å²) in [6, 6.07) is 0. The van der Waals surface area contributed by atoms with Gasteiger partial charge in [0.25, 0.3) is 0 Å². The third-order valence-corrected chi connectivity index (χ3v) is 2.59. The van der Waals surface area contributed by atoms with E-state index in [-0.39, 0.29) is 12.7 Å². The Labute approximate surface area is 82.6 Å². The summed E-state index contributed by atoms with van der Waals surface area (Å²) < 4.78 is 16.2. The van der Waals surface area contributed by atoms with Crippen LogP contribution < -0.4 is 0 Å².